The smallest absolute Gasteiger partial charge is 0.406 e. The molecular weight excluding hydrogens is 523 g/mol. The third-order valence-corrected chi connectivity index (χ3v) is 8.14. The van der Waals surface area contributed by atoms with Crippen molar-refractivity contribution in [2.75, 3.05) is 26.2 Å². The van der Waals surface area contributed by atoms with E-state index in [1.54, 1.807) is 24.5 Å². The highest BCUT2D eigenvalue weighted by Gasteiger charge is 2.39. The number of imidazole rings is 1. The van der Waals surface area contributed by atoms with Crippen LogP contribution in [0.3, 0.4) is 0 Å². The van der Waals surface area contributed by atoms with Crippen molar-refractivity contribution in [3.63, 3.8) is 0 Å². The molecule has 1 aromatic carbocycles. The minimum absolute atomic E-state index is 0.0338. The number of carbonyl (C=O) groups is 1. The minimum Gasteiger partial charge on any atom is -0.406 e. The largest absolute Gasteiger partial charge is 0.573 e. The Morgan fingerprint density at radius 2 is 1.77 bits per heavy atom. The van der Waals surface area contributed by atoms with Gasteiger partial charge in [0.05, 0.1) is 6.61 Å². The molecule has 3 aromatic rings. The summed E-state index contributed by atoms with van der Waals surface area (Å²) in [6, 6.07) is 9.92. The summed E-state index contributed by atoms with van der Waals surface area (Å²) in [5.41, 5.74) is 2.04. The normalized spacial score (nSPS) is 20.7. The highest BCUT2D eigenvalue weighted by atomic mass is 19.4. The Morgan fingerprint density at radius 3 is 2.45 bits per heavy atom. The van der Waals surface area contributed by atoms with Crippen molar-refractivity contribution in [2.45, 2.75) is 63.0 Å². The fraction of sp³-hybridized carbons (Fsp3) is 0.483. The Labute approximate surface area is 230 Å². The van der Waals surface area contributed by atoms with Crippen LogP contribution in [0.15, 0.2) is 48.8 Å². The standard InChI is InChI=1S/C29H32F3N5O3/c30-29(31,32)40-24-7-1-4-19(16-24)27-34-25(20-5-2-12-33-17-20)26(37(27)22-8-9-22)28(39)35-14-10-21(11-15-35)36-13-3-6-23(36)18-38/h1-2,4-5,7,12,16-17,21-23,38H,3,6,8-11,13-15,18H2. The summed E-state index contributed by atoms with van der Waals surface area (Å²) in [6.45, 7) is 2.31. The second kappa shape index (κ2) is 10.9. The number of pyridine rings is 1. The minimum atomic E-state index is -4.81. The molecule has 8 nitrogen and oxygen atoms in total. The molecule has 1 unspecified atom stereocenters. The molecule has 2 aromatic heterocycles. The highest BCUT2D eigenvalue weighted by molar-refractivity contribution is 5.99. The molecule has 2 aliphatic heterocycles. The van der Waals surface area contributed by atoms with E-state index in [2.05, 4.69) is 14.6 Å². The molecule has 3 fully saturated rings. The first-order valence-corrected chi connectivity index (χ1v) is 13.9. The van der Waals surface area contributed by atoms with E-state index in [0.717, 1.165) is 45.1 Å². The van der Waals surface area contributed by atoms with Crippen molar-refractivity contribution in [1.29, 1.82) is 0 Å². The first-order chi connectivity index (χ1) is 19.3. The van der Waals surface area contributed by atoms with Gasteiger partial charge in [0.1, 0.15) is 23.0 Å². The van der Waals surface area contributed by atoms with E-state index in [0.29, 0.717) is 47.5 Å². The summed E-state index contributed by atoms with van der Waals surface area (Å²) in [5.74, 6) is -0.0304. The molecule has 4 heterocycles. The Morgan fingerprint density at radius 1 is 1.00 bits per heavy atom. The van der Waals surface area contributed by atoms with Crippen molar-refractivity contribution in [1.82, 2.24) is 24.3 Å². The van der Waals surface area contributed by atoms with E-state index in [4.69, 9.17) is 4.98 Å². The van der Waals surface area contributed by atoms with Gasteiger partial charge in [-0.05, 0) is 69.3 Å². The van der Waals surface area contributed by atoms with E-state index in [9.17, 15) is 23.1 Å². The van der Waals surface area contributed by atoms with Gasteiger partial charge in [0, 0.05) is 54.7 Å². The zero-order valence-electron chi connectivity index (χ0n) is 22.1. The number of rotatable bonds is 7. The van der Waals surface area contributed by atoms with Crippen LogP contribution in [-0.4, -0.2) is 80.0 Å². The lowest BCUT2D eigenvalue weighted by Gasteiger charge is -2.39. The number of hydrogen-bond donors (Lipinski definition) is 1. The quantitative estimate of drug-likeness (QED) is 0.446. The zero-order valence-corrected chi connectivity index (χ0v) is 22.1. The predicted octanol–water partition coefficient (Wildman–Crippen LogP) is 4.91. The lowest BCUT2D eigenvalue weighted by Crippen LogP contribution is -2.49. The molecule has 0 spiro atoms. The summed E-state index contributed by atoms with van der Waals surface area (Å²) in [5, 5.41) is 9.77. The van der Waals surface area contributed by atoms with Crippen LogP contribution in [-0.2, 0) is 0 Å². The number of benzene rings is 1. The van der Waals surface area contributed by atoms with Crippen LogP contribution in [0.4, 0.5) is 13.2 Å². The van der Waals surface area contributed by atoms with Gasteiger partial charge in [-0.1, -0.05) is 12.1 Å². The van der Waals surface area contributed by atoms with Gasteiger partial charge in [0.25, 0.3) is 5.91 Å². The van der Waals surface area contributed by atoms with Crippen LogP contribution in [0.5, 0.6) is 5.75 Å². The van der Waals surface area contributed by atoms with Crippen LogP contribution in [0.1, 0.15) is 55.1 Å². The van der Waals surface area contributed by atoms with Crippen molar-refractivity contribution >= 4 is 5.91 Å². The van der Waals surface area contributed by atoms with E-state index >= 15 is 0 Å². The van der Waals surface area contributed by atoms with Crippen LogP contribution in [0, 0.1) is 0 Å². The number of hydrogen-bond acceptors (Lipinski definition) is 6. The summed E-state index contributed by atoms with van der Waals surface area (Å²) < 4.78 is 44.9. The number of ether oxygens (including phenoxy) is 1. The van der Waals surface area contributed by atoms with Gasteiger partial charge in [-0.25, -0.2) is 4.98 Å². The SMILES string of the molecule is O=C(c1c(-c2cccnc2)nc(-c2cccc(OC(F)(F)F)c2)n1C1CC1)N1CCC(N2CCCC2CO)CC1. The second-order valence-electron chi connectivity index (χ2n) is 10.8. The molecule has 212 valence electrons. The van der Waals surface area contributed by atoms with Gasteiger partial charge >= 0.3 is 6.36 Å². The average molecular weight is 556 g/mol. The molecule has 1 atom stereocenters. The van der Waals surface area contributed by atoms with Crippen LogP contribution in [0.25, 0.3) is 22.6 Å². The molecule has 1 aliphatic carbocycles. The number of aliphatic hydroxyl groups excluding tert-OH is 1. The van der Waals surface area contributed by atoms with Gasteiger partial charge in [0.2, 0.25) is 0 Å². The van der Waals surface area contributed by atoms with Crippen LogP contribution < -0.4 is 4.74 Å². The molecule has 0 bridgehead atoms. The lowest BCUT2D eigenvalue weighted by atomic mass is 10.0. The third-order valence-electron chi connectivity index (χ3n) is 8.14. The van der Waals surface area contributed by atoms with Crippen LogP contribution >= 0.6 is 0 Å². The molecule has 3 aliphatic rings. The topological polar surface area (TPSA) is 83.7 Å². The number of nitrogens with zero attached hydrogens (tertiary/aromatic N) is 5. The second-order valence-corrected chi connectivity index (χ2v) is 10.8. The van der Waals surface area contributed by atoms with Crippen molar-refractivity contribution in [3.8, 4) is 28.4 Å². The van der Waals surface area contributed by atoms with Crippen molar-refractivity contribution in [2.24, 2.45) is 0 Å². The van der Waals surface area contributed by atoms with Gasteiger partial charge in [-0.3, -0.25) is 14.7 Å². The van der Waals surface area contributed by atoms with E-state index in [-0.39, 0.29) is 30.3 Å². The average Bonchev–Trinajstić information content (AvgIpc) is 3.54. The summed E-state index contributed by atoms with van der Waals surface area (Å²) in [6.07, 6.45) is 3.92. The molecule has 0 radical (unpaired) electrons. The zero-order chi connectivity index (χ0) is 27.9. The monoisotopic (exact) mass is 555 g/mol. The molecule has 40 heavy (non-hydrogen) atoms. The first kappa shape index (κ1) is 26.8. The Kier molecular flexibility index (Phi) is 7.26. The summed E-state index contributed by atoms with van der Waals surface area (Å²) in [4.78, 5) is 27.6. The molecule has 1 amide bonds. The fourth-order valence-corrected chi connectivity index (χ4v) is 6.15. The maximum atomic E-state index is 14.2. The lowest BCUT2D eigenvalue weighted by molar-refractivity contribution is -0.274. The number of aromatic nitrogens is 3. The number of aliphatic hydroxyl groups is 1. The number of piperidine rings is 1. The molecule has 1 N–H and O–H groups in total. The number of amides is 1. The van der Waals surface area contributed by atoms with Gasteiger partial charge in [-0.15, -0.1) is 13.2 Å². The summed E-state index contributed by atoms with van der Waals surface area (Å²) in [7, 11) is 0. The Balaban J connectivity index is 1.35. The Hall–Kier alpha value is -3.44. The fourth-order valence-electron chi connectivity index (χ4n) is 6.15. The predicted molar refractivity (Wildman–Crippen MR) is 142 cm³/mol. The van der Waals surface area contributed by atoms with E-state index in [1.165, 1.54) is 18.2 Å². The number of carbonyl (C=O) groups excluding carboxylic acids is 1. The molecule has 1 saturated carbocycles. The maximum absolute atomic E-state index is 14.2. The first-order valence-electron chi connectivity index (χ1n) is 13.9. The number of halogens is 3. The van der Waals surface area contributed by atoms with E-state index < -0.39 is 6.36 Å². The molecule has 11 heteroatoms. The highest BCUT2D eigenvalue weighted by Crippen LogP contribution is 2.43. The van der Waals surface area contributed by atoms with Gasteiger partial charge < -0.3 is 19.3 Å². The number of alkyl halides is 3. The van der Waals surface area contributed by atoms with E-state index in [1.807, 2.05) is 15.5 Å². The van der Waals surface area contributed by atoms with Gasteiger partial charge in [0.15, 0.2) is 0 Å². The molecular formula is C29H32F3N5O3. The molecule has 6 rings (SSSR count). The van der Waals surface area contributed by atoms with Gasteiger partial charge in [-0.2, -0.15) is 0 Å². The third kappa shape index (κ3) is 5.44. The molecule has 2 saturated heterocycles. The number of likely N-dealkylation sites (tertiary alicyclic amines) is 2. The van der Waals surface area contributed by atoms with Crippen molar-refractivity contribution in [3.05, 3.63) is 54.5 Å². The summed E-state index contributed by atoms with van der Waals surface area (Å²) >= 11 is 0. The van der Waals surface area contributed by atoms with Crippen molar-refractivity contribution < 1.29 is 27.8 Å². The Bertz CT molecular complexity index is 1350. The van der Waals surface area contributed by atoms with Crippen LogP contribution in [0.2, 0.25) is 0 Å². The maximum Gasteiger partial charge on any atom is 0.573 e.